The quantitative estimate of drug-likeness (QED) is 0.455. The first-order chi connectivity index (χ1) is 16.5. The largest absolute Gasteiger partial charge is 0.480 e. The van der Waals surface area contributed by atoms with Gasteiger partial charge in [-0.1, -0.05) is 59.8 Å². The van der Waals surface area contributed by atoms with Gasteiger partial charge in [0.1, 0.15) is 12.4 Å². The summed E-state index contributed by atoms with van der Waals surface area (Å²) in [4.78, 5) is 35.1. The molecule has 0 aliphatic carbocycles. The second-order valence-electron chi connectivity index (χ2n) is 8.33. The number of aliphatic imine (C=N–C) groups is 1. The third-order valence-corrected chi connectivity index (χ3v) is 5.93. The Morgan fingerprint density at radius 1 is 1.12 bits per heavy atom. The van der Waals surface area contributed by atoms with Crippen molar-refractivity contribution >= 4 is 23.4 Å². The molecule has 0 saturated carbocycles. The van der Waals surface area contributed by atoms with Crippen LogP contribution in [0.4, 0.5) is 0 Å². The van der Waals surface area contributed by atoms with E-state index in [-0.39, 0.29) is 18.6 Å². The van der Waals surface area contributed by atoms with Crippen LogP contribution in [-0.4, -0.2) is 65.3 Å². The number of carboxylic acids is 1. The van der Waals surface area contributed by atoms with Crippen LogP contribution in [0.2, 0.25) is 0 Å². The standard InChI is InChI=1S/C25H28N4O5/c26-24(27-15-17-4-2-1-3-5-17)19-8-6-18(7-9-19)21-14-22(34-28-21)25(32)29-12-10-20(11-13-29)33-16-23(30)31/h1-9,20,22H,10-16H2,(H2,26,27)(H,30,31). The Labute approximate surface area is 197 Å². The number of nitrogens with two attached hydrogens (primary N) is 1. The van der Waals surface area contributed by atoms with Crippen molar-refractivity contribution in [2.24, 2.45) is 15.9 Å². The Morgan fingerprint density at radius 3 is 2.50 bits per heavy atom. The maximum atomic E-state index is 12.8. The molecule has 1 atom stereocenters. The maximum Gasteiger partial charge on any atom is 0.329 e. The predicted molar refractivity (Wildman–Crippen MR) is 127 cm³/mol. The van der Waals surface area contributed by atoms with Crippen molar-refractivity contribution in [2.75, 3.05) is 19.7 Å². The van der Waals surface area contributed by atoms with Crippen molar-refractivity contribution in [3.8, 4) is 0 Å². The van der Waals surface area contributed by atoms with E-state index in [0.29, 0.717) is 50.4 Å². The average Bonchev–Trinajstić information content (AvgIpc) is 3.37. The van der Waals surface area contributed by atoms with E-state index < -0.39 is 12.1 Å². The number of carbonyl (C=O) groups excluding carboxylic acids is 1. The van der Waals surface area contributed by atoms with Crippen molar-refractivity contribution in [3.05, 3.63) is 71.3 Å². The lowest BCUT2D eigenvalue weighted by Crippen LogP contribution is -2.45. The number of aliphatic carboxylic acids is 1. The van der Waals surface area contributed by atoms with Crippen LogP contribution in [0.15, 0.2) is 64.7 Å². The highest BCUT2D eigenvalue weighted by Gasteiger charge is 2.34. The summed E-state index contributed by atoms with van der Waals surface area (Å²) in [7, 11) is 0. The number of oxime groups is 1. The van der Waals surface area contributed by atoms with Gasteiger partial charge in [0.2, 0.25) is 6.10 Å². The summed E-state index contributed by atoms with van der Waals surface area (Å²) in [6.45, 7) is 1.22. The average molecular weight is 465 g/mol. The number of carboxylic acid groups (broad SMARTS) is 1. The monoisotopic (exact) mass is 464 g/mol. The van der Waals surface area contributed by atoms with E-state index in [1.807, 2.05) is 54.6 Å². The van der Waals surface area contributed by atoms with E-state index in [1.165, 1.54) is 0 Å². The minimum atomic E-state index is -0.988. The molecule has 1 amide bonds. The van der Waals surface area contributed by atoms with Crippen LogP contribution in [0.25, 0.3) is 0 Å². The predicted octanol–water partition coefficient (Wildman–Crippen LogP) is 2.18. The Kier molecular flexibility index (Phi) is 7.54. The molecule has 2 aliphatic rings. The van der Waals surface area contributed by atoms with Gasteiger partial charge in [0.25, 0.3) is 5.91 Å². The van der Waals surface area contributed by atoms with E-state index in [4.69, 9.17) is 20.4 Å². The summed E-state index contributed by atoms with van der Waals surface area (Å²) >= 11 is 0. The lowest BCUT2D eigenvalue weighted by molar-refractivity contribution is -0.149. The minimum absolute atomic E-state index is 0.107. The Balaban J connectivity index is 1.28. The van der Waals surface area contributed by atoms with Gasteiger partial charge in [-0.25, -0.2) is 4.79 Å². The number of hydrogen-bond acceptors (Lipinski definition) is 6. The number of piperidine rings is 1. The molecule has 178 valence electrons. The molecule has 0 bridgehead atoms. The lowest BCUT2D eigenvalue weighted by atomic mass is 10.0. The van der Waals surface area contributed by atoms with Gasteiger partial charge >= 0.3 is 5.97 Å². The lowest BCUT2D eigenvalue weighted by Gasteiger charge is -2.32. The van der Waals surface area contributed by atoms with Crippen molar-refractivity contribution < 1.29 is 24.3 Å². The van der Waals surface area contributed by atoms with E-state index in [0.717, 1.165) is 16.7 Å². The van der Waals surface area contributed by atoms with E-state index in [1.54, 1.807) is 4.90 Å². The summed E-state index contributed by atoms with van der Waals surface area (Å²) in [6, 6.07) is 17.5. The third-order valence-electron chi connectivity index (χ3n) is 5.93. The Bertz CT molecular complexity index is 1060. The number of rotatable bonds is 8. The molecule has 2 heterocycles. The van der Waals surface area contributed by atoms with Crippen LogP contribution in [-0.2, 0) is 25.7 Å². The Morgan fingerprint density at radius 2 is 1.82 bits per heavy atom. The first-order valence-electron chi connectivity index (χ1n) is 11.3. The summed E-state index contributed by atoms with van der Waals surface area (Å²) in [5.41, 5.74) is 9.63. The van der Waals surface area contributed by atoms with Crippen LogP contribution < -0.4 is 5.73 Å². The molecular formula is C25H28N4O5. The molecule has 9 nitrogen and oxygen atoms in total. The van der Waals surface area contributed by atoms with Crippen LogP contribution in [0.1, 0.15) is 36.0 Å². The fraction of sp³-hybridized carbons (Fsp3) is 0.360. The molecule has 3 N–H and O–H groups in total. The highest BCUT2D eigenvalue weighted by Crippen LogP contribution is 2.22. The van der Waals surface area contributed by atoms with Gasteiger partial charge in [-0.2, -0.15) is 0 Å². The molecule has 1 fully saturated rings. The zero-order chi connectivity index (χ0) is 23.9. The fourth-order valence-electron chi connectivity index (χ4n) is 4.00. The second-order valence-corrected chi connectivity index (χ2v) is 8.33. The van der Waals surface area contributed by atoms with Gasteiger partial charge in [-0.05, 0) is 24.0 Å². The molecule has 2 aromatic rings. The first kappa shape index (κ1) is 23.4. The summed E-state index contributed by atoms with van der Waals surface area (Å²) in [5, 5.41) is 12.9. The molecule has 9 heteroatoms. The summed E-state index contributed by atoms with van der Waals surface area (Å²) in [5.74, 6) is -0.633. The highest BCUT2D eigenvalue weighted by molar-refractivity contribution is 6.05. The van der Waals surface area contributed by atoms with Crippen molar-refractivity contribution in [1.82, 2.24) is 4.90 Å². The van der Waals surface area contributed by atoms with Crippen LogP contribution in [0, 0.1) is 0 Å². The van der Waals surface area contributed by atoms with Gasteiger partial charge in [-0.3, -0.25) is 9.79 Å². The SMILES string of the molecule is NC(=NCc1ccccc1)c1ccc(C2=NOC(C(=O)N3CCC(OCC(=O)O)CC3)C2)cc1. The molecule has 2 aliphatic heterocycles. The first-order valence-corrected chi connectivity index (χ1v) is 11.3. The normalized spacial score (nSPS) is 18.9. The molecule has 1 saturated heterocycles. The molecule has 0 radical (unpaired) electrons. The topological polar surface area (TPSA) is 127 Å². The van der Waals surface area contributed by atoms with Gasteiger partial charge in [-0.15, -0.1) is 0 Å². The zero-order valence-corrected chi connectivity index (χ0v) is 18.8. The molecular weight excluding hydrogens is 436 g/mol. The van der Waals surface area contributed by atoms with Gasteiger partial charge in [0, 0.05) is 25.1 Å². The van der Waals surface area contributed by atoms with E-state index >= 15 is 0 Å². The number of amidine groups is 1. The smallest absolute Gasteiger partial charge is 0.329 e. The van der Waals surface area contributed by atoms with Crippen LogP contribution >= 0.6 is 0 Å². The van der Waals surface area contributed by atoms with Crippen molar-refractivity contribution in [2.45, 2.75) is 38.0 Å². The van der Waals surface area contributed by atoms with Gasteiger partial charge in [0.05, 0.1) is 18.4 Å². The number of carbonyl (C=O) groups is 2. The van der Waals surface area contributed by atoms with E-state index in [9.17, 15) is 9.59 Å². The number of likely N-dealkylation sites (tertiary alicyclic amines) is 1. The number of ether oxygens (including phenoxy) is 1. The van der Waals surface area contributed by atoms with Crippen LogP contribution in [0.3, 0.4) is 0 Å². The van der Waals surface area contributed by atoms with Crippen molar-refractivity contribution in [1.29, 1.82) is 0 Å². The Hall–Kier alpha value is -3.72. The number of amides is 1. The molecule has 2 aromatic carbocycles. The molecule has 34 heavy (non-hydrogen) atoms. The summed E-state index contributed by atoms with van der Waals surface area (Å²) in [6.07, 6.45) is 0.815. The zero-order valence-electron chi connectivity index (χ0n) is 18.8. The number of benzene rings is 2. The summed E-state index contributed by atoms with van der Waals surface area (Å²) < 4.78 is 5.33. The minimum Gasteiger partial charge on any atom is -0.480 e. The van der Waals surface area contributed by atoms with Crippen LogP contribution in [0.5, 0.6) is 0 Å². The molecule has 0 aromatic heterocycles. The fourth-order valence-corrected chi connectivity index (χ4v) is 4.00. The molecule has 0 spiro atoms. The maximum absolute atomic E-state index is 12.8. The number of hydrogen-bond donors (Lipinski definition) is 2. The second kappa shape index (κ2) is 10.9. The van der Waals surface area contributed by atoms with Crippen molar-refractivity contribution in [3.63, 3.8) is 0 Å². The highest BCUT2D eigenvalue weighted by atomic mass is 16.6. The number of nitrogens with zero attached hydrogens (tertiary/aromatic N) is 3. The van der Waals surface area contributed by atoms with Gasteiger partial charge in [0.15, 0.2) is 0 Å². The molecule has 1 unspecified atom stereocenters. The molecule has 4 rings (SSSR count). The van der Waals surface area contributed by atoms with Gasteiger partial charge < -0.3 is 25.3 Å². The third kappa shape index (κ3) is 5.99. The van der Waals surface area contributed by atoms with E-state index in [2.05, 4.69) is 10.1 Å².